The van der Waals surface area contributed by atoms with E-state index in [1.54, 1.807) is 0 Å². The van der Waals surface area contributed by atoms with Crippen LogP contribution >= 0.6 is 0 Å². The average Bonchev–Trinajstić information content (AvgIpc) is 2.15. The molecule has 0 bridgehead atoms. The summed E-state index contributed by atoms with van der Waals surface area (Å²) in [6.45, 7) is 5.44. The van der Waals surface area contributed by atoms with Gasteiger partial charge >= 0.3 is 0 Å². The van der Waals surface area contributed by atoms with Crippen LogP contribution in [0.2, 0.25) is 0 Å². The van der Waals surface area contributed by atoms with E-state index in [0.29, 0.717) is 5.56 Å². The standard InChI is InChI=1S/C10H11N2O4/c1-10(2,3)7-4-8(11(13)14)6-9(5-7)12(15)16/h4,6H,1-3H3. The van der Waals surface area contributed by atoms with Crippen molar-refractivity contribution in [2.75, 3.05) is 0 Å². The van der Waals surface area contributed by atoms with Crippen LogP contribution in [0.25, 0.3) is 0 Å². The van der Waals surface area contributed by atoms with E-state index < -0.39 is 15.3 Å². The van der Waals surface area contributed by atoms with Crippen molar-refractivity contribution in [1.82, 2.24) is 0 Å². The summed E-state index contributed by atoms with van der Waals surface area (Å²) in [5.74, 6) is 0. The first-order valence-corrected chi connectivity index (χ1v) is 4.58. The SMILES string of the molecule is CC(C)(C)c1[c]c([N+](=O)[O-])cc([N+](=O)[O-])c1. The maximum Gasteiger partial charge on any atom is 0.284 e. The fraction of sp³-hybridized carbons (Fsp3) is 0.400. The van der Waals surface area contributed by atoms with E-state index in [0.717, 1.165) is 6.07 Å². The molecule has 0 unspecified atom stereocenters. The predicted molar refractivity (Wildman–Crippen MR) is 57.3 cm³/mol. The van der Waals surface area contributed by atoms with Crippen LogP contribution in [0.5, 0.6) is 0 Å². The van der Waals surface area contributed by atoms with Crippen LogP contribution < -0.4 is 0 Å². The molecule has 1 radical (unpaired) electrons. The second-order valence-electron chi connectivity index (χ2n) is 4.40. The van der Waals surface area contributed by atoms with Gasteiger partial charge in [0.2, 0.25) is 0 Å². The second-order valence-corrected chi connectivity index (χ2v) is 4.40. The molecule has 1 rings (SSSR count). The number of nitro benzene ring substituents is 2. The van der Waals surface area contributed by atoms with Gasteiger partial charge < -0.3 is 0 Å². The van der Waals surface area contributed by atoms with E-state index in [1.807, 2.05) is 20.8 Å². The van der Waals surface area contributed by atoms with Crippen molar-refractivity contribution in [2.24, 2.45) is 0 Å². The van der Waals surface area contributed by atoms with E-state index in [2.05, 4.69) is 6.07 Å². The van der Waals surface area contributed by atoms with E-state index in [1.165, 1.54) is 6.07 Å². The quantitative estimate of drug-likeness (QED) is 0.569. The van der Waals surface area contributed by atoms with Gasteiger partial charge in [0.15, 0.2) is 0 Å². The molecule has 6 heteroatoms. The largest absolute Gasteiger partial charge is 0.284 e. The Hall–Kier alpha value is -1.98. The van der Waals surface area contributed by atoms with Gasteiger partial charge in [-0.1, -0.05) is 20.8 Å². The van der Waals surface area contributed by atoms with Crippen molar-refractivity contribution in [3.63, 3.8) is 0 Å². The first-order chi connectivity index (χ1) is 7.21. The van der Waals surface area contributed by atoms with Gasteiger partial charge in [-0.05, 0) is 11.0 Å². The molecule has 16 heavy (non-hydrogen) atoms. The summed E-state index contributed by atoms with van der Waals surface area (Å²) in [4.78, 5) is 19.9. The van der Waals surface area contributed by atoms with E-state index >= 15 is 0 Å². The Kier molecular flexibility index (Phi) is 2.93. The Morgan fingerprint density at radius 2 is 1.69 bits per heavy atom. The summed E-state index contributed by atoms with van der Waals surface area (Å²) in [6, 6.07) is 4.80. The summed E-state index contributed by atoms with van der Waals surface area (Å²) in [7, 11) is 0. The first-order valence-electron chi connectivity index (χ1n) is 4.58. The van der Waals surface area contributed by atoms with Crippen molar-refractivity contribution in [2.45, 2.75) is 26.2 Å². The minimum absolute atomic E-state index is 0.282. The lowest BCUT2D eigenvalue weighted by atomic mass is 9.86. The molecule has 0 spiro atoms. The molecule has 1 aromatic rings. The number of hydrogen-bond donors (Lipinski definition) is 0. The van der Waals surface area contributed by atoms with Gasteiger partial charge in [0.25, 0.3) is 11.4 Å². The topological polar surface area (TPSA) is 86.3 Å². The number of nitrogens with zero attached hydrogens (tertiary/aromatic N) is 2. The van der Waals surface area contributed by atoms with E-state index in [-0.39, 0.29) is 11.4 Å². The monoisotopic (exact) mass is 223 g/mol. The molecule has 0 saturated carbocycles. The van der Waals surface area contributed by atoms with Gasteiger partial charge in [-0.2, -0.15) is 0 Å². The summed E-state index contributed by atoms with van der Waals surface area (Å²) < 4.78 is 0. The zero-order valence-corrected chi connectivity index (χ0v) is 9.18. The molecule has 0 N–H and O–H groups in total. The molecular weight excluding hydrogens is 212 g/mol. The lowest BCUT2D eigenvalue weighted by Crippen LogP contribution is -2.12. The lowest BCUT2D eigenvalue weighted by molar-refractivity contribution is -0.394. The molecule has 0 aliphatic rings. The molecule has 0 aromatic heterocycles. The number of benzene rings is 1. The number of nitro groups is 2. The smallest absolute Gasteiger partial charge is 0.258 e. The zero-order valence-electron chi connectivity index (χ0n) is 9.18. The normalized spacial score (nSPS) is 11.2. The summed E-state index contributed by atoms with van der Waals surface area (Å²) in [5.41, 5.74) is -0.626. The Bertz CT molecular complexity index is 416. The third-order valence-electron chi connectivity index (χ3n) is 2.06. The molecule has 1 aromatic carbocycles. The number of hydrogen-bond acceptors (Lipinski definition) is 4. The van der Waals surface area contributed by atoms with E-state index in [4.69, 9.17) is 0 Å². The maximum atomic E-state index is 10.6. The molecular formula is C10H11N2O4. The fourth-order valence-corrected chi connectivity index (χ4v) is 1.15. The second kappa shape index (κ2) is 3.88. The third-order valence-corrected chi connectivity index (χ3v) is 2.06. The van der Waals surface area contributed by atoms with Crippen molar-refractivity contribution < 1.29 is 9.85 Å². The van der Waals surface area contributed by atoms with Crippen LogP contribution in [-0.2, 0) is 5.41 Å². The van der Waals surface area contributed by atoms with Crippen molar-refractivity contribution >= 4 is 11.4 Å². The fourth-order valence-electron chi connectivity index (χ4n) is 1.15. The highest BCUT2D eigenvalue weighted by Crippen LogP contribution is 2.29. The first kappa shape index (κ1) is 12.1. The minimum atomic E-state index is -0.678. The highest BCUT2D eigenvalue weighted by molar-refractivity contribution is 5.47. The predicted octanol–water partition coefficient (Wildman–Crippen LogP) is 2.60. The number of rotatable bonds is 2. The van der Waals surface area contributed by atoms with Gasteiger partial charge in [-0.15, -0.1) is 0 Å². The molecule has 6 nitrogen and oxygen atoms in total. The Labute approximate surface area is 92.2 Å². The van der Waals surface area contributed by atoms with E-state index in [9.17, 15) is 20.2 Å². The third kappa shape index (κ3) is 2.53. The highest BCUT2D eigenvalue weighted by atomic mass is 16.6. The molecule has 0 saturated heterocycles. The van der Waals surface area contributed by atoms with Crippen LogP contribution in [0.15, 0.2) is 12.1 Å². The Morgan fingerprint density at radius 3 is 2.06 bits per heavy atom. The molecule has 0 heterocycles. The van der Waals surface area contributed by atoms with Gasteiger partial charge in [0.05, 0.1) is 22.0 Å². The Balaban J connectivity index is 3.42. The zero-order chi connectivity index (χ0) is 12.5. The molecule has 0 fully saturated rings. The molecule has 0 aliphatic heterocycles. The lowest BCUT2D eigenvalue weighted by Gasteiger charge is -2.17. The molecule has 0 aliphatic carbocycles. The number of non-ortho nitro benzene ring substituents is 2. The summed E-state index contributed by atoms with van der Waals surface area (Å²) >= 11 is 0. The maximum absolute atomic E-state index is 10.6. The van der Waals surface area contributed by atoms with Gasteiger partial charge in [0.1, 0.15) is 0 Å². The molecule has 85 valence electrons. The van der Waals surface area contributed by atoms with Crippen molar-refractivity contribution in [1.29, 1.82) is 0 Å². The van der Waals surface area contributed by atoms with Crippen LogP contribution in [0, 0.1) is 26.3 Å². The van der Waals surface area contributed by atoms with Gasteiger partial charge in [-0.3, -0.25) is 20.2 Å². The van der Waals surface area contributed by atoms with Gasteiger partial charge in [-0.25, -0.2) is 0 Å². The van der Waals surface area contributed by atoms with Crippen molar-refractivity contribution in [3.8, 4) is 0 Å². The highest BCUT2D eigenvalue weighted by Gasteiger charge is 2.23. The summed E-state index contributed by atoms with van der Waals surface area (Å²) in [6.07, 6.45) is 0. The van der Waals surface area contributed by atoms with Crippen LogP contribution in [0.1, 0.15) is 26.3 Å². The van der Waals surface area contributed by atoms with Crippen LogP contribution in [0.3, 0.4) is 0 Å². The van der Waals surface area contributed by atoms with Crippen LogP contribution in [-0.4, -0.2) is 9.85 Å². The minimum Gasteiger partial charge on any atom is -0.258 e. The molecule has 0 atom stereocenters. The summed E-state index contributed by atoms with van der Waals surface area (Å²) in [5, 5.41) is 21.2. The van der Waals surface area contributed by atoms with Gasteiger partial charge in [0, 0.05) is 6.07 Å². The molecule has 0 amide bonds. The average molecular weight is 223 g/mol. The van der Waals surface area contributed by atoms with Crippen LogP contribution in [0.4, 0.5) is 11.4 Å². The Morgan fingerprint density at radius 1 is 1.12 bits per heavy atom. The van der Waals surface area contributed by atoms with Crippen molar-refractivity contribution in [3.05, 3.63) is 44.0 Å².